The van der Waals surface area contributed by atoms with E-state index in [9.17, 15) is 4.79 Å². The second-order valence-corrected chi connectivity index (χ2v) is 1.36. The maximum Gasteiger partial charge on any atom is 0.308 e. The number of carbonyl (C=O) groups excluding carboxylic acids is 1. The van der Waals surface area contributed by atoms with Gasteiger partial charge in [0.25, 0.3) is 0 Å². The molecule has 0 atom stereocenters. The highest BCUT2D eigenvalue weighted by Crippen LogP contribution is 1.93. The summed E-state index contributed by atoms with van der Waals surface area (Å²) in [6, 6.07) is 1.70. The van der Waals surface area contributed by atoms with Crippen LogP contribution in [-0.4, -0.2) is 5.97 Å². The van der Waals surface area contributed by atoms with Gasteiger partial charge in [-0.25, -0.2) is 0 Å². The molecule has 0 aliphatic rings. The lowest BCUT2D eigenvalue weighted by Gasteiger charge is -1.93. The lowest BCUT2D eigenvalue weighted by Crippen LogP contribution is -1.95. The molecule has 0 radical (unpaired) electrons. The second kappa shape index (κ2) is 3.67. The predicted octanol–water partition coefficient (Wildman–Crippen LogP) is 0.977. The van der Waals surface area contributed by atoms with E-state index in [1.54, 1.807) is 13.0 Å². The first-order valence-corrected chi connectivity index (χ1v) is 2.45. The number of hydrogen-bond acceptors (Lipinski definition) is 3. The van der Waals surface area contributed by atoms with Crippen molar-refractivity contribution in [1.29, 1.82) is 5.26 Å². The van der Waals surface area contributed by atoms with Crippen molar-refractivity contribution in [2.75, 3.05) is 0 Å². The van der Waals surface area contributed by atoms with E-state index in [-0.39, 0.29) is 5.76 Å². The normalized spacial score (nSPS) is 10.1. The summed E-state index contributed by atoms with van der Waals surface area (Å²) in [4.78, 5) is 10.2. The summed E-state index contributed by atoms with van der Waals surface area (Å²) in [6.07, 6.45) is 1.43. The Morgan fingerprint density at radius 2 is 2.33 bits per heavy atom. The van der Waals surface area contributed by atoms with Crippen LogP contribution in [0.3, 0.4) is 0 Å². The highest BCUT2D eigenvalue weighted by Gasteiger charge is 1.95. The van der Waals surface area contributed by atoms with Gasteiger partial charge in [-0.1, -0.05) is 0 Å². The number of nitrogens with zero attached hydrogens (tertiary/aromatic N) is 1. The van der Waals surface area contributed by atoms with Crippen LogP contribution in [0.15, 0.2) is 11.8 Å². The van der Waals surface area contributed by atoms with E-state index in [1.807, 2.05) is 0 Å². The maximum atomic E-state index is 10.2. The Balaban J connectivity index is 3.91. The maximum absolute atomic E-state index is 10.2. The Hall–Kier alpha value is -1.30. The minimum absolute atomic E-state index is 0.0440. The smallest absolute Gasteiger partial charge is 0.308 e. The van der Waals surface area contributed by atoms with E-state index < -0.39 is 5.97 Å². The number of hydrogen-bond donors (Lipinski definition) is 0. The van der Waals surface area contributed by atoms with Gasteiger partial charge in [0, 0.05) is 6.92 Å². The molecule has 48 valence electrons. The summed E-state index contributed by atoms with van der Waals surface area (Å²) in [6.45, 7) is 2.88. The molecule has 0 saturated heterocycles. The highest BCUT2D eigenvalue weighted by molar-refractivity contribution is 5.67. The SMILES string of the molecule is C/C=C(\C#N)OC(C)=O. The molecular weight excluding hydrogens is 118 g/mol. The molecule has 0 saturated carbocycles. The van der Waals surface area contributed by atoms with Crippen molar-refractivity contribution < 1.29 is 9.53 Å². The topological polar surface area (TPSA) is 50.1 Å². The number of allylic oxidation sites excluding steroid dienone is 2. The summed E-state index contributed by atoms with van der Waals surface area (Å²) in [7, 11) is 0. The summed E-state index contributed by atoms with van der Waals surface area (Å²) in [5, 5.41) is 8.18. The number of esters is 1. The van der Waals surface area contributed by atoms with Crippen LogP contribution in [0.5, 0.6) is 0 Å². The molecule has 0 unspecified atom stereocenters. The molecule has 0 heterocycles. The molecular formula is C6H7NO2. The second-order valence-electron chi connectivity index (χ2n) is 1.36. The summed E-state index contributed by atoms with van der Waals surface area (Å²) in [5.74, 6) is -0.424. The summed E-state index contributed by atoms with van der Waals surface area (Å²) >= 11 is 0. The van der Waals surface area contributed by atoms with Gasteiger partial charge in [0.05, 0.1) is 0 Å². The number of ether oxygens (including phenoxy) is 1. The molecule has 3 nitrogen and oxygen atoms in total. The Morgan fingerprint density at radius 1 is 1.78 bits per heavy atom. The third-order valence-corrected chi connectivity index (χ3v) is 0.626. The van der Waals surface area contributed by atoms with Gasteiger partial charge in [-0.3, -0.25) is 4.79 Å². The first-order valence-electron chi connectivity index (χ1n) is 2.45. The Labute approximate surface area is 53.5 Å². The van der Waals surface area contributed by atoms with Crippen LogP contribution in [0.4, 0.5) is 0 Å². The Bertz CT molecular complexity index is 176. The zero-order valence-corrected chi connectivity index (χ0v) is 5.34. The van der Waals surface area contributed by atoms with Crippen molar-refractivity contribution in [1.82, 2.24) is 0 Å². The van der Waals surface area contributed by atoms with Gasteiger partial charge in [0.2, 0.25) is 5.76 Å². The third-order valence-electron chi connectivity index (χ3n) is 0.626. The Kier molecular flexibility index (Phi) is 3.14. The van der Waals surface area contributed by atoms with E-state index in [4.69, 9.17) is 5.26 Å². The first-order chi connectivity index (χ1) is 4.20. The molecule has 0 fully saturated rings. The number of carbonyl (C=O) groups is 1. The van der Waals surface area contributed by atoms with Gasteiger partial charge in [0.1, 0.15) is 6.07 Å². The lowest BCUT2D eigenvalue weighted by molar-refractivity contribution is -0.136. The molecule has 0 amide bonds. The molecule has 0 bridgehead atoms. The van der Waals surface area contributed by atoms with Crippen molar-refractivity contribution in [3.8, 4) is 6.07 Å². The molecule has 0 rings (SSSR count). The van der Waals surface area contributed by atoms with E-state index in [1.165, 1.54) is 13.0 Å². The fourth-order valence-corrected chi connectivity index (χ4v) is 0.301. The fraction of sp³-hybridized carbons (Fsp3) is 0.333. The van der Waals surface area contributed by atoms with E-state index >= 15 is 0 Å². The van der Waals surface area contributed by atoms with Crippen molar-refractivity contribution >= 4 is 5.97 Å². The van der Waals surface area contributed by atoms with Crippen molar-refractivity contribution in [2.45, 2.75) is 13.8 Å². The standard InChI is InChI=1S/C6H7NO2/c1-3-6(4-7)9-5(2)8/h3H,1-2H3/b6-3+. The summed E-state index contributed by atoms with van der Waals surface area (Å²) < 4.78 is 4.41. The van der Waals surface area contributed by atoms with Gasteiger partial charge >= 0.3 is 5.97 Å². The van der Waals surface area contributed by atoms with Gasteiger partial charge in [-0.05, 0) is 13.0 Å². The number of rotatable bonds is 1. The van der Waals surface area contributed by atoms with Gasteiger partial charge in [-0.15, -0.1) is 0 Å². The zero-order chi connectivity index (χ0) is 7.28. The van der Waals surface area contributed by atoms with Crippen LogP contribution in [0.1, 0.15) is 13.8 Å². The van der Waals surface area contributed by atoms with Gasteiger partial charge in [-0.2, -0.15) is 5.26 Å². The van der Waals surface area contributed by atoms with Crippen molar-refractivity contribution in [2.24, 2.45) is 0 Å². The van der Waals surface area contributed by atoms with Crippen LogP contribution in [-0.2, 0) is 9.53 Å². The van der Waals surface area contributed by atoms with E-state index in [0.717, 1.165) is 0 Å². The number of nitriles is 1. The van der Waals surface area contributed by atoms with Gasteiger partial charge < -0.3 is 4.74 Å². The van der Waals surface area contributed by atoms with Crippen LogP contribution in [0, 0.1) is 11.3 Å². The molecule has 0 aromatic heterocycles. The average molecular weight is 125 g/mol. The van der Waals surface area contributed by atoms with E-state index in [0.29, 0.717) is 0 Å². The van der Waals surface area contributed by atoms with Crippen molar-refractivity contribution in [3.05, 3.63) is 11.8 Å². The van der Waals surface area contributed by atoms with Gasteiger partial charge in [0.15, 0.2) is 0 Å². The molecule has 0 N–H and O–H groups in total. The lowest BCUT2D eigenvalue weighted by atomic mass is 10.5. The molecule has 0 spiro atoms. The molecule has 0 aromatic carbocycles. The molecule has 9 heavy (non-hydrogen) atoms. The minimum atomic E-state index is -0.468. The molecule has 0 aliphatic carbocycles. The third kappa shape index (κ3) is 3.30. The van der Waals surface area contributed by atoms with E-state index in [2.05, 4.69) is 4.74 Å². The van der Waals surface area contributed by atoms with Crippen molar-refractivity contribution in [3.63, 3.8) is 0 Å². The average Bonchev–Trinajstić information content (AvgIpc) is 1.82. The quantitative estimate of drug-likeness (QED) is 0.298. The molecule has 0 aliphatic heterocycles. The van der Waals surface area contributed by atoms with Crippen LogP contribution in [0.2, 0.25) is 0 Å². The Morgan fingerprint density at radius 3 is 2.44 bits per heavy atom. The predicted molar refractivity (Wildman–Crippen MR) is 31.1 cm³/mol. The van der Waals surface area contributed by atoms with Crippen LogP contribution < -0.4 is 0 Å². The molecule has 0 aromatic rings. The summed E-state index contributed by atoms with van der Waals surface area (Å²) in [5.41, 5.74) is 0. The first kappa shape index (κ1) is 7.70. The fourth-order valence-electron chi connectivity index (χ4n) is 0.301. The zero-order valence-electron chi connectivity index (χ0n) is 5.34. The van der Waals surface area contributed by atoms with Crippen LogP contribution in [0.25, 0.3) is 0 Å². The monoisotopic (exact) mass is 125 g/mol. The largest absolute Gasteiger partial charge is 0.416 e. The highest BCUT2D eigenvalue weighted by atomic mass is 16.5. The van der Waals surface area contributed by atoms with Crippen LogP contribution >= 0.6 is 0 Å². The minimum Gasteiger partial charge on any atom is -0.416 e. The molecule has 3 heteroatoms.